The Kier molecular flexibility index (Phi) is 8.13. The van der Waals surface area contributed by atoms with Crippen molar-refractivity contribution in [2.45, 2.75) is 37.4 Å². The van der Waals surface area contributed by atoms with Crippen LogP contribution in [-0.2, 0) is 25.6 Å². The molecular formula is C19H26N4O7. The quantitative estimate of drug-likeness (QED) is 0.262. The molecule has 1 aliphatic heterocycles. The highest BCUT2D eigenvalue weighted by Gasteiger charge is 2.35. The van der Waals surface area contributed by atoms with Crippen LogP contribution in [0.25, 0.3) is 0 Å². The van der Waals surface area contributed by atoms with Crippen LogP contribution in [0, 0.1) is 0 Å². The summed E-state index contributed by atoms with van der Waals surface area (Å²) in [5.74, 6) is -3.12. The van der Waals surface area contributed by atoms with Crippen molar-refractivity contribution in [3.63, 3.8) is 0 Å². The lowest BCUT2D eigenvalue weighted by Gasteiger charge is -2.26. The smallest absolute Gasteiger partial charge is 0.328 e. The van der Waals surface area contributed by atoms with E-state index in [0.29, 0.717) is 24.9 Å². The van der Waals surface area contributed by atoms with Crippen LogP contribution in [0.3, 0.4) is 0 Å². The number of rotatable bonds is 9. The van der Waals surface area contributed by atoms with Crippen molar-refractivity contribution < 1.29 is 34.5 Å². The third kappa shape index (κ3) is 5.91. The van der Waals surface area contributed by atoms with E-state index >= 15 is 0 Å². The molecule has 11 nitrogen and oxygen atoms in total. The van der Waals surface area contributed by atoms with Gasteiger partial charge in [-0.2, -0.15) is 0 Å². The highest BCUT2D eigenvalue weighted by atomic mass is 16.4. The molecule has 11 heteroatoms. The first kappa shape index (κ1) is 23.1. The number of aliphatic hydroxyl groups excluding tert-OH is 1. The van der Waals surface area contributed by atoms with Gasteiger partial charge in [-0.05, 0) is 30.5 Å². The van der Waals surface area contributed by atoms with E-state index in [1.807, 2.05) is 0 Å². The molecule has 1 heterocycles. The van der Waals surface area contributed by atoms with Crippen molar-refractivity contribution in [2.75, 3.05) is 19.7 Å². The fourth-order valence-corrected chi connectivity index (χ4v) is 3.26. The molecule has 0 aromatic heterocycles. The number of nitrogens with zero attached hydrogens (tertiary/aromatic N) is 1. The number of hydrogen-bond acceptors (Lipinski definition) is 7. The predicted octanol–water partition coefficient (Wildman–Crippen LogP) is -2.07. The van der Waals surface area contributed by atoms with E-state index in [1.54, 1.807) is 12.1 Å². The monoisotopic (exact) mass is 422 g/mol. The molecule has 0 bridgehead atoms. The maximum absolute atomic E-state index is 12.8. The normalized spacial score (nSPS) is 17.8. The molecule has 0 aliphatic carbocycles. The van der Waals surface area contributed by atoms with Crippen molar-refractivity contribution in [1.29, 1.82) is 0 Å². The van der Waals surface area contributed by atoms with E-state index in [9.17, 15) is 24.3 Å². The Labute approximate surface area is 172 Å². The van der Waals surface area contributed by atoms with Gasteiger partial charge >= 0.3 is 5.97 Å². The van der Waals surface area contributed by atoms with Gasteiger partial charge in [-0.3, -0.25) is 14.4 Å². The third-order valence-corrected chi connectivity index (χ3v) is 4.86. The van der Waals surface area contributed by atoms with Crippen LogP contribution in [0.4, 0.5) is 0 Å². The van der Waals surface area contributed by atoms with Gasteiger partial charge in [0.05, 0.1) is 13.2 Å². The first-order chi connectivity index (χ1) is 14.3. The molecule has 0 radical (unpaired) electrons. The summed E-state index contributed by atoms with van der Waals surface area (Å²) in [5, 5.41) is 32.4. The highest BCUT2D eigenvalue weighted by Crippen LogP contribution is 2.18. The summed E-state index contributed by atoms with van der Waals surface area (Å²) in [5.41, 5.74) is 5.99. The molecule has 164 valence electrons. The zero-order valence-electron chi connectivity index (χ0n) is 16.3. The van der Waals surface area contributed by atoms with Gasteiger partial charge < -0.3 is 36.6 Å². The average molecular weight is 422 g/mol. The Morgan fingerprint density at radius 1 is 1.13 bits per heavy atom. The molecule has 7 N–H and O–H groups in total. The summed E-state index contributed by atoms with van der Waals surface area (Å²) >= 11 is 0. The van der Waals surface area contributed by atoms with Gasteiger partial charge in [0.1, 0.15) is 23.9 Å². The van der Waals surface area contributed by atoms with E-state index < -0.39 is 42.5 Å². The highest BCUT2D eigenvalue weighted by molar-refractivity contribution is 5.94. The standard InChI is InChI=1S/C19H26N4O7/c20-9-16(26)23-7-1-2-15(23)18(28)21-13(8-11-3-5-12(25)6-4-11)17(27)22-14(10-24)19(29)30/h3-6,13-15,24-25H,1-2,7-10,20H2,(H,21,28)(H,22,27)(H,29,30). The fourth-order valence-electron chi connectivity index (χ4n) is 3.26. The summed E-state index contributed by atoms with van der Waals surface area (Å²) in [6.45, 7) is -0.672. The number of benzene rings is 1. The van der Waals surface area contributed by atoms with Crippen LogP contribution in [-0.4, -0.2) is 81.7 Å². The number of aliphatic hydroxyl groups is 1. The number of amides is 3. The van der Waals surface area contributed by atoms with Gasteiger partial charge in [0, 0.05) is 13.0 Å². The van der Waals surface area contributed by atoms with E-state index in [-0.39, 0.29) is 24.6 Å². The second kappa shape index (κ2) is 10.6. The minimum absolute atomic E-state index is 0.00712. The van der Waals surface area contributed by atoms with Crippen molar-refractivity contribution >= 4 is 23.7 Å². The molecule has 1 saturated heterocycles. The van der Waals surface area contributed by atoms with E-state index in [1.165, 1.54) is 17.0 Å². The summed E-state index contributed by atoms with van der Waals surface area (Å²) in [6.07, 6.45) is 1.04. The lowest BCUT2D eigenvalue weighted by molar-refractivity contribution is -0.143. The summed E-state index contributed by atoms with van der Waals surface area (Å²) in [6, 6.07) is 2.48. The van der Waals surface area contributed by atoms with Crippen LogP contribution < -0.4 is 16.4 Å². The number of aromatic hydroxyl groups is 1. The summed E-state index contributed by atoms with van der Waals surface area (Å²) in [4.78, 5) is 49.9. The number of nitrogens with one attached hydrogen (secondary N) is 2. The SMILES string of the molecule is NCC(=O)N1CCCC1C(=O)NC(Cc1ccc(O)cc1)C(=O)NC(CO)C(=O)O. The molecule has 0 spiro atoms. The van der Waals surface area contributed by atoms with E-state index in [4.69, 9.17) is 15.9 Å². The number of phenols is 1. The molecule has 3 unspecified atom stereocenters. The number of carboxylic acid groups (broad SMARTS) is 1. The molecule has 3 atom stereocenters. The molecular weight excluding hydrogens is 396 g/mol. The zero-order chi connectivity index (χ0) is 22.3. The second-order valence-electron chi connectivity index (χ2n) is 6.96. The third-order valence-electron chi connectivity index (χ3n) is 4.86. The maximum atomic E-state index is 12.8. The van der Waals surface area contributed by atoms with Crippen LogP contribution in [0.5, 0.6) is 5.75 Å². The lowest BCUT2D eigenvalue weighted by Crippen LogP contribution is -2.56. The van der Waals surface area contributed by atoms with Gasteiger partial charge in [0.15, 0.2) is 0 Å². The maximum Gasteiger partial charge on any atom is 0.328 e. The van der Waals surface area contributed by atoms with Gasteiger partial charge in [-0.25, -0.2) is 4.79 Å². The lowest BCUT2D eigenvalue weighted by atomic mass is 10.0. The number of likely N-dealkylation sites (tertiary alicyclic amines) is 1. The number of carboxylic acids is 1. The average Bonchev–Trinajstić information content (AvgIpc) is 3.22. The van der Waals surface area contributed by atoms with Gasteiger partial charge in [0.25, 0.3) is 0 Å². The van der Waals surface area contributed by atoms with E-state index in [2.05, 4.69) is 10.6 Å². The molecule has 2 rings (SSSR count). The zero-order valence-corrected chi connectivity index (χ0v) is 16.3. The Bertz CT molecular complexity index is 784. The Morgan fingerprint density at radius 3 is 2.37 bits per heavy atom. The van der Waals surface area contributed by atoms with Crippen molar-refractivity contribution in [3.8, 4) is 5.75 Å². The number of phenolic OH excluding ortho intramolecular Hbond substituents is 1. The van der Waals surface area contributed by atoms with Gasteiger partial charge in [0.2, 0.25) is 17.7 Å². The first-order valence-electron chi connectivity index (χ1n) is 9.48. The molecule has 1 fully saturated rings. The molecule has 1 aromatic rings. The van der Waals surface area contributed by atoms with Crippen LogP contribution in [0.2, 0.25) is 0 Å². The second-order valence-corrected chi connectivity index (χ2v) is 6.96. The molecule has 1 aromatic carbocycles. The number of nitrogens with two attached hydrogens (primary N) is 1. The minimum atomic E-state index is -1.53. The molecule has 30 heavy (non-hydrogen) atoms. The largest absolute Gasteiger partial charge is 0.508 e. The number of aliphatic carboxylic acids is 1. The molecule has 3 amide bonds. The van der Waals surface area contributed by atoms with Crippen LogP contribution >= 0.6 is 0 Å². The Balaban J connectivity index is 2.18. The van der Waals surface area contributed by atoms with Crippen molar-refractivity contribution in [2.24, 2.45) is 5.73 Å². The van der Waals surface area contributed by atoms with Crippen molar-refractivity contribution in [3.05, 3.63) is 29.8 Å². The minimum Gasteiger partial charge on any atom is -0.508 e. The Hall–Kier alpha value is -3.18. The van der Waals surface area contributed by atoms with Crippen molar-refractivity contribution in [1.82, 2.24) is 15.5 Å². The Morgan fingerprint density at radius 2 is 1.80 bits per heavy atom. The number of carbonyl (C=O) groups excluding carboxylic acids is 3. The molecule has 1 aliphatic rings. The van der Waals surface area contributed by atoms with Gasteiger partial charge in [-0.1, -0.05) is 12.1 Å². The van der Waals surface area contributed by atoms with Crippen LogP contribution in [0.15, 0.2) is 24.3 Å². The topological polar surface area (TPSA) is 182 Å². The van der Waals surface area contributed by atoms with Crippen LogP contribution in [0.1, 0.15) is 18.4 Å². The van der Waals surface area contributed by atoms with Gasteiger partial charge in [-0.15, -0.1) is 0 Å². The molecule has 0 saturated carbocycles. The number of carbonyl (C=O) groups is 4. The van der Waals surface area contributed by atoms with E-state index in [0.717, 1.165) is 0 Å². The fraction of sp³-hybridized carbons (Fsp3) is 0.474. The predicted molar refractivity (Wildman–Crippen MR) is 104 cm³/mol. The number of hydrogen-bond donors (Lipinski definition) is 6. The first-order valence-corrected chi connectivity index (χ1v) is 9.48. The summed E-state index contributed by atoms with van der Waals surface area (Å²) < 4.78 is 0. The summed E-state index contributed by atoms with van der Waals surface area (Å²) in [7, 11) is 0.